The summed E-state index contributed by atoms with van der Waals surface area (Å²) in [5.74, 6) is -2.05. The third-order valence-electron chi connectivity index (χ3n) is 3.23. The second-order valence-electron chi connectivity index (χ2n) is 4.48. The molecule has 1 saturated carbocycles. The van der Waals surface area contributed by atoms with Crippen molar-refractivity contribution in [3.63, 3.8) is 0 Å². The Bertz CT molecular complexity index is 446. The number of ether oxygens (including phenoxy) is 1. The second-order valence-corrected chi connectivity index (χ2v) is 4.48. The molecular formula is C13H16FNO3. The number of benzene rings is 1. The van der Waals surface area contributed by atoms with Crippen LogP contribution in [0.2, 0.25) is 0 Å². The number of halogens is 1. The van der Waals surface area contributed by atoms with Crippen LogP contribution in [0.25, 0.3) is 0 Å². The van der Waals surface area contributed by atoms with Crippen molar-refractivity contribution in [2.45, 2.75) is 31.3 Å². The molecule has 1 atom stereocenters. The van der Waals surface area contributed by atoms with Crippen molar-refractivity contribution >= 4 is 5.97 Å². The first-order valence-electron chi connectivity index (χ1n) is 6.00. The number of aliphatic carboxylic acids is 1. The van der Waals surface area contributed by atoms with Gasteiger partial charge in [-0.1, -0.05) is 0 Å². The molecule has 0 amide bonds. The fourth-order valence-corrected chi connectivity index (χ4v) is 1.93. The van der Waals surface area contributed by atoms with Crippen LogP contribution in [0, 0.1) is 5.82 Å². The molecule has 0 bridgehead atoms. The van der Waals surface area contributed by atoms with Gasteiger partial charge in [-0.2, -0.15) is 0 Å². The molecule has 0 aromatic heterocycles. The molecule has 0 heterocycles. The van der Waals surface area contributed by atoms with Gasteiger partial charge in [0.05, 0.1) is 12.0 Å². The topological polar surface area (TPSA) is 72.6 Å². The molecule has 1 aliphatic carbocycles. The van der Waals surface area contributed by atoms with E-state index in [4.69, 9.17) is 15.6 Å². The standard InChI is InChI=1S/C13H16FNO3/c14-8-4-5-12(18-9-2-1-3-9)10(6-8)11(7-15)13(16)17/h4-6,9,11H,1-3,7,15H2,(H,16,17). The van der Waals surface area contributed by atoms with Gasteiger partial charge in [-0.3, -0.25) is 4.79 Å². The summed E-state index contributed by atoms with van der Waals surface area (Å²) in [5, 5.41) is 9.09. The SMILES string of the molecule is NCC(C(=O)O)c1cc(F)ccc1OC1CCC1. The fraction of sp³-hybridized carbons (Fsp3) is 0.462. The number of carboxylic acid groups (broad SMARTS) is 1. The van der Waals surface area contributed by atoms with Gasteiger partial charge in [-0.25, -0.2) is 4.39 Å². The van der Waals surface area contributed by atoms with Crippen molar-refractivity contribution in [2.24, 2.45) is 5.73 Å². The molecule has 4 nitrogen and oxygen atoms in total. The zero-order valence-electron chi connectivity index (χ0n) is 9.93. The largest absolute Gasteiger partial charge is 0.490 e. The first-order valence-corrected chi connectivity index (χ1v) is 6.00. The maximum Gasteiger partial charge on any atom is 0.312 e. The van der Waals surface area contributed by atoms with Gasteiger partial charge in [0.25, 0.3) is 0 Å². The van der Waals surface area contributed by atoms with Gasteiger partial charge < -0.3 is 15.6 Å². The summed E-state index contributed by atoms with van der Waals surface area (Å²) in [4.78, 5) is 11.1. The van der Waals surface area contributed by atoms with Crippen molar-refractivity contribution in [2.75, 3.05) is 6.54 Å². The molecule has 2 rings (SSSR count). The van der Waals surface area contributed by atoms with E-state index in [1.807, 2.05) is 0 Å². The minimum atomic E-state index is -1.07. The summed E-state index contributed by atoms with van der Waals surface area (Å²) in [6.45, 7) is -0.0835. The highest BCUT2D eigenvalue weighted by Crippen LogP contribution is 2.32. The van der Waals surface area contributed by atoms with Gasteiger partial charge in [0.15, 0.2) is 0 Å². The van der Waals surface area contributed by atoms with E-state index in [-0.39, 0.29) is 12.6 Å². The Morgan fingerprint density at radius 1 is 1.56 bits per heavy atom. The van der Waals surface area contributed by atoms with Crippen molar-refractivity contribution in [3.05, 3.63) is 29.6 Å². The number of rotatable bonds is 5. The molecule has 5 heteroatoms. The normalized spacial score (nSPS) is 17.0. The van der Waals surface area contributed by atoms with E-state index in [1.54, 1.807) is 0 Å². The van der Waals surface area contributed by atoms with Crippen molar-refractivity contribution in [1.82, 2.24) is 0 Å². The minimum Gasteiger partial charge on any atom is -0.490 e. The predicted octanol–water partition coefficient (Wildman–Crippen LogP) is 1.88. The highest BCUT2D eigenvalue weighted by Gasteiger charge is 2.26. The molecule has 1 fully saturated rings. The van der Waals surface area contributed by atoms with Crippen LogP contribution >= 0.6 is 0 Å². The lowest BCUT2D eigenvalue weighted by atomic mass is 9.95. The van der Waals surface area contributed by atoms with Crippen LogP contribution in [0.15, 0.2) is 18.2 Å². The molecule has 18 heavy (non-hydrogen) atoms. The molecule has 1 aliphatic rings. The van der Waals surface area contributed by atoms with E-state index in [0.717, 1.165) is 19.3 Å². The van der Waals surface area contributed by atoms with E-state index in [1.165, 1.54) is 18.2 Å². The summed E-state index contributed by atoms with van der Waals surface area (Å²) in [6, 6.07) is 3.95. The summed E-state index contributed by atoms with van der Waals surface area (Å²) in [6.07, 6.45) is 3.14. The number of hydrogen-bond acceptors (Lipinski definition) is 3. The highest BCUT2D eigenvalue weighted by atomic mass is 19.1. The lowest BCUT2D eigenvalue weighted by Crippen LogP contribution is -2.27. The Morgan fingerprint density at radius 2 is 2.28 bits per heavy atom. The third-order valence-corrected chi connectivity index (χ3v) is 3.23. The van der Waals surface area contributed by atoms with Gasteiger partial charge in [-0.15, -0.1) is 0 Å². The zero-order chi connectivity index (χ0) is 13.1. The fourth-order valence-electron chi connectivity index (χ4n) is 1.93. The van der Waals surface area contributed by atoms with Crippen LogP contribution in [0.5, 0.6) is 5.75 Å². The summed E-state index contributed by atoms with van der Waals surface area (Å²) in [7, 11) is 0. The number of nitrogens with two attached hydrogens (primary N) is 1. The van der Waals surface area contributed by atoms with Gasteiger partial charge in [0.2, 0.25) is 0 Å². The molecule has 1 aromatic rings. The molecule has 0 spiro atoms. The van der Waals surface area contributed by atoms with E-state index in [0.29, 0.717) is 11.3 Å². The van der Waals surface area contributed by atoms with Gasteiger partial charge >= 0.3 is 5.97 Å². The van der Waals surface area contributed by atoms with Crippen molar-refractivity contribution in [3.8, 4) is 5.75 Å². The number of hydrogen-bond donors (Lipinski definition) is 2. The van der Waals surface area contributed by atoms with E-state index < -0.39 is 17.7 Å². The Kier molecular flexibility index (Phi) is 3.81. The van der Waals surface area contributed by atoms with Crippen molar-refractivity contribution < 1.29 is 19.0 Å². The van der Waals surface area contributed by atoms with Gasteiger partial charge in [-0.05, 0) is 37.5 Å². The second kappa shape index (κ2) is 5.35. The molecule has 0 aliphatic heterocycles. The smallest absolute Gasteiger partial charge is 0.312 e. The first kappa shape index (κ1) is 12.8. The zero-order valence-corrected chi connectivity index (χ0v) is 9.93. The Morgan fingerprint density at radius 3 is 2.78 bits per heavy atom. The predicted molar refractivity (Wildman–Crippen MR) is 64.1 cm³/mol. The summed E-state index contributed by atoms with van der Waals surface area (Å²) in [5.41, 5.74) is 5.76. The monoisotopic (exact) mass is 253 g/mol. The number of carboxylic acids is 1. The molecule has 0 radical (unpaired) electrons. The summed E-state index contributed by atoms with van der Waals surface area (Å²) >= 11 is 0. The highest BCUT2D eigenvalue weighted by molar-refractivity contribution is 5.77. The lowest BCUT2D eigenvalue weighted by Gasteiger charge is -2.28. The van der Waals surface area contributed by atoms with E-state index >= 15 is 0 Å². The van der Waals surface area contributed by atoms with Gasteiger partial charge in [0.1, 0.15) is 11.6 Å². The average Bonchev–Trinajstić information content (AvgIpc) is 2.26. The third kappa shape index (κ3) is 2.61. The van der Waals surface area contributed by atoms with Crippen molar-refractivity contribution in [1.29, 1.82) is 0 Å². The molecule has 98 valence electrons. The molecule has 1 aromatic carbocycles. The van der Waals surface area contributed by atoms with Gasteiger partial charge in [0, 0.05) is 12.1 Å². The van der Waals surface area contributed by atoms with Crippen LogP contribution in [0.4, 0.5) is 4.39 Å². The quantitative estimate of drug-likeness (QED) is 0.840. The number of carbonyl (C=O) groups is 1. The molecule has 3 N–H and O–H groups in total. The molecular weight excluding hydrogens is 237 g/mol. The summed E-state index contributed by atoms with van der Waals surface area (Å²) < 4.78 is 18.9. The van der Waals surface area contributed by atoms with Crippen LogP contribution in [0.3, 0.4) is 0 Å². The van der Waals surface area contributed by atoms with Crippen LogP contribution in [0.1, 0.15) is 30.7 Å². The lowest BCUT2D eigenvalue weighted by molar-refractivity contribution is -0.138. The van der Waals surface area contributed by atoms with Crippen LogP contribution in [-0.4, -0.2) is 23.7 Å². The average molecular weight is 253 g/mol. The maximum absolute atomic E-state index is 13.3. The Balaban J connectivity index is 2.29. The van der Waals surface area contributed by atoms with E-state index in [9.17, 15) is 9.18 Å². The Hall–Kier alpha value is -1.62. The first-order chi connectivity index (χ1) is 8.61. The van der Waals surface area contributed by atoms with E-state index in [2.05, 4.69) is 0 Å². The molecule has 0 saturated heterocycles. The van der Waals surface area contributed by atoms with Crippen LogP contribution < -0.4 is 10.5 Å². The maximum atomic E-state index is 13.3. The van der Waals surface area contributed by atoms with Crippen LogP contribution in [-0.2, 0) is 4.79 Å². The Labute approximate surface area is 105 Å². The minimum absolute atomic E-state index is 0.0835. The molecule has 1 unspecified atom stereocenters.